The van der Waals surface area contributed by atoms with E-state index in [1.807, 2.05) is 6.07 Å². The second-order valence-corrected chi connectivity index (χ2v) is 5.56. The average molecular weight is 339 g/mol. The molecule has 0 atom stereocenters. The van der Waals surface area contributed by atoms with Crippen LogP contribution in [0.25, 0.3) is 0 Å². The lowest BCUT2D eigenvalue weighted by Crippen LogP contribution is -2.12. The van der Waals surface area contributed by atoms with Gasteiger partial charge >= 0.3 is 0 Å². The summed E-state index contributed by atoms with van der Waals surface area (Å²) < 4.78 is 14.3. The molecule has 1 N–H and O–H groups in total. The van der Waals surface area contributed by atoms with Crippen molar-refractivity contribution >= 4 is 38.9 Å². The lowest BCUT2D eigenvalue weighted by Gasteiger charge is -2.09. The summed E-state index contributed by atoms with van der Waals surface area (Å²) in [5.74, 6) is -0.848. The Kier molecular flexibility index (Phi) is 3.98. The molecular weight excluding hydrogens is 331 g/mol. The summed E-state index contributed by atoms with van der Waals surface area (Å²) in [7, 11) is 0. The summed E-state index contributed by atoms with van der Waals surface area (Å²) in [5, 5.41) is 13.2. The van der Waals surface area contributed by atoms with E-state index in [1.54, 1.807) is 18.4 Å². The van der Waals surface area contributed by atoms with Gasteiger partial charge in [-0.05, 0) is 46.4 Å². The minimum atomic E-state index is -0.514. The third kappa shape index (κ3) is 2.83. The van der Waals surface area contributed by atoms with Crippen LogP contribution in [0.5, 0.6) is 0 Å². The molecule has 19 heavy (non-hydrogen) atoms. The molecule has 0 saturated heterocycles. The van der Waals surface area contributed by atoms with Gasteiger partial charge in [-0.1, -0.05) is 0 Å². The lowest BCUT2D eigenvalue weighted by molar-refractivity contribution is 0.103. The number of carbonyl (C=O) groups is 1. The first-order chi connectivity index (χ1) is 9.02. The van der Waals surface area contributed by atoms with Crippen LogP contribution < -0.4 is 5.32 Å². The van der Waals surface area contributed by atoms with E-state index >= 15 is 0 Å². The highest BCUT2D eigenvalue weighted by Crippen LogP contribution is 2.26. The second kappa shape index (κ2) is 5.51. The maximum absolute atomic E-state index is 13.6. The first-order valence-corrected chi connectivity index (χ1v) is 6.94. The zero-order valence-corrected chi connectivity index (χ0v) is 12.2. The molecule has 1 amide bonds. The predicted molar refractivity (Wildman–Crippen MR) is 75.8 cm³/mol. The lowest BCUT2D eigenvalue weighted by atomic mass is 10.1. The van der Waals surface area contributed by atoms with Crippen LogP contribution in [0.2, 0.25) is 0 Å². The number of anilines is 1. The maximum atomic E-state index is 13.6. The van der Waals surface area contributed by atoms with Crippen molar-refractivity contribution < 1.29 is 9.18 Å². The van der Waals surface area contributed by atoms with Gasteiger partial charge in [0.2, 0.25) is 0 Å². The van der Waals surface area contributed by atoms with E-state index < -0.39 is 5.82 Å². The molecule has 2 aromatic rings. The van der Waals surface area contributed by atoms with Crippen molar-refractivity contribution in [3.63, 3.8) is 0 Å². The van der Waals surface area contributed by atoms with Crippen molar-refractivity contribution in [2.75, 3.05) is 5.32 Å². The molecule has 0 radical (unpaired) electrons. The summed E-state index contributed by atoms with van der Waals surface area (Å²) in [6.07, 6.45) is 0. The smallest absolute Gasteiger partial charge is 0.266 e. The van der Waals surface area contributed by atoms with Crippen LogP contribution in [0.1, 0.15) is 20.8 Å². The summed E-state index contributed by atoms with van der Waals surface area (Å²) in [6.45, 7) is 1.55. The summed E-state index contributed by atoms with van der Waals surface area (Å²) in [6, 6.07) is 6.22. The number of nitriles is 1. The van der Waals surface area contributed by atoms with Crippen LogP contribution in [0.4, 0.5) is 10.1 Å². The summed E-state index contributed by atoms with van der Waals surface area (Å²) in [4.78, 5) is 12.5. The molecule has 6 heteroatoms. The molecule has 0 fully saturated rings. The van der Waals surface area contributed by atoms with Gasteiger partial charge in [-0.2, -0.15) is 5.26 Å². The molecule has 1 aromatic heterocycles. The van der Waals surface area contributed by atoms with Crippen LogP contribution in [-0.2, 0) is 0 Å². The van der Waals surface area contributed by atoms with E-state index in [4.69, 9.17) is 5.26 Å². The largest absolute Gasteiger partial charge is 0.321 e. The van der Waals surface area contributed by atoms with Gasteiger partial charge in [0, 0.05) is 15.7 Å². The normalized spacial score (nSPS) is 10.0. The first kappa shape index (κ1) is 13.7. The summed E-state index contributed by atoms with van der Waals surface area (Å²) in [5.41, 5.74) is 0.783. The number of carbonyl (C=O) groups excluding carboxylic acids is 1. The fourth-order valence-electron chi connectivity index (χ4n) is 1.51. The van der Waals surface area contributed by atoms with E-state index in [0.29, 0.717) is 20.6 Å². The van der Waals surface area contributed by atoms with Crippen molar-refractivity contribution in [2.24, 2.45) is 0 Å². The minimum absolute atomic E-state index is 0.170. The van der Waals surface area contributed by atoms with Gasteiger partial charge in [0.25, 0.3) is 5.91 Å². The Hall–Kier alpha value is -1.71. The first-order valence-electron chi connectivity index (χ1n) is 5.27. The Bertz CT molecular complexity index is 690. The van der Waals surface area contributed by atoms with Crippen LogP contribution in [0, 0.1) is 24.1 Å². The fraction of sp³-hybridized carbons (Fsp3) is 0.0769. The van der Waals surface area contributed by atoms with Gasteiger partial charge in [-0.25, -0.2) is 4.39 Å². The Morgan fingerprint density at radius 1 is 1.53 bits per heavy atom. The van der Waals surface area contributed by atoms with Crippen molar-refractivity contribution in [2.45, 2.75) is 6.92 Å². The van der Waals surface area contributed by atoms with Gasteiger partial charge < -0.3 is 5.32 Å². The molecule has 2 rings (SSSR count). The number of benzene rings is 1. The third-order valence-corrected chi connectivity index (χ3v) is 4.38. The van der Waals surface area contributed by atoms with E-state index in [-0.39, 0.29) is 11.5 Å². The number of amides is 1. The maximum Gasteiger partial charge on any atom is 0.266 e. The number of nitrogens with one attached hydrogen (secondary N) is 1. The molecule has 0 aliphatic rings. The number of halogens is 2. The van der Waals surface area contributed by atoms with Crippen LogP contribution in [0.3, 0.4) is 0 Å². The van der Waals surface area contributed by atoms with E-state index in [0.717, 1.165) is 6.07 Å². The van der Waals surface area contributed by atoms with E-state index in [2.05, 4.69) is 21.2 Å². The number of nitrogens with zero attached hydrogens (tertiary/aromatic N) is 1. The quantitative estimate of drug-likeness (QED) is 0.896. The minimum Gasteiger partial charge on any atom is -0.321 e. The number of hydrogen-bond donors (Lipinski definition) is 1. The predicted octanol–water partition coefficient (Wildman–Crippen LogP) is 4.08. The van der Waals surface area contributed by atoms with E-state index in [1.165, 1.54) is 17.4 Å². The molecular formula is C13H8BrFN2OS. The second-order valence-electron chi connectivity index (χ2n) is 3.79. The molecule has 0 unspecified atom stereocenters. The molecule has 1 heterocycles. The Morgan fingerprint density at radius 3 is 2.84 bits per heavy atom. The molecule has 3 nitrogen and oxygen atoms in total. The SMILES string of the molecule is Cc1c(F)cc(C#N)cc1NC(=O)c1sccc1Br. The molecule has 0 bridgehead atoms. The van der Waals surface area contributed by atoms with Gasteiger partial charge in [-0.15, -0.1) is 11.3 Å². The van der Waals surface area contributed by atoms with Gasteiger partial charge in [0.1, 0.15) is 10.7 Å². The topological polar surface area (TPSA) is 52.9 Å². The molecule has 0 aliphatic heterocycles. The van der Waals surface area contributed by atoms with Gasteiger partial charge in [0.15, 0.2) is 0 Å². The molecule has 96 valence electrons. The molecule has 0 saturated carbocycles. The highest BCUT2D eigenvalue weighted by atomic mass is 79.9. The average Bonchev–Trinajstić information content (AvgIpc) is 2.80. The highest BCUT2D eigenvalue weighted by molar-refractivity contribution is 9.10. The van der Waals surface area contributed by atoms with Crippen LogP contribution >= 0.6 is 27.3 Å². The zero-order valence-electron chi connectivity index (χ0n) is 9.83. The monoisotopic (exact) mass is 338 g/mol. The highest BCUT2D eigenvalue weighted by Gasteiger charge is 2.14. The van der Waals surface area contributed by atoms with Crippen molar-refractivity contribution in [1.29, 1.82) is 5.26 Å². The van der Waals surface area contributed by atoms with Gasteiger partial charge in [-0.3, -0.25) is 4.79 Å². The van der Waals surface area contributed by atoms with E-state index in [9.17, 15) is 9.18 Å². The number of rotatable bonds is 2. The van der Waals surface area contributed by atoms with Crippen molar-refractivity contribution in [3.05, 3.63) is 49.9 Å². The molecule has 0 spiro atoms. The van der Waals surface area contributed by atoms with Crippen LogP contribution in [0.15, 0.2) is 28.1 Å². The summed E-state index contributed by atoms with van der Waals surface area (Å²) >= 11 is 4.54. The van der Waals surface area contributed by atoms with Crippen molar-refractivity contribution in [3.8, 4) is 6.07 Å². The van der Waals surface area contributed by atoms with Gasteiger partial charge in [0.05, 0.1) is 11.6 Å². The fourth-order valence-corrected chi connectivity index (χ4v) is 2.95. The molecule has 1 aromatic carbocycles. The Labute approximate surface area is 121 Å². The zero-order chi connectivity index (χ0) is 14.0. The molecule has 0 aliphatic carbocycles. The third-order valence-electron chi connectivity index (χ3n) is 2.55. The number of thiophene rings is 1. The van der Waals surface area contributed by atoms with Crippen molar-refractivity contribution in [1.82, 2.24) is 0 Å². The Balaban J connectivity index is 2.34. The Morgan fingerprint density at radius 2 is 2.26 bits per heavy atom. The number of hydrogen-bond acceptors (Lipinski definition) is 3. The standard InChI is InChI=1S/C13H8BrFN2OS/c1-7-10(15)4-8(6-16)5-11(7)17-13(18)12-9(14)2-3-19-12/h2-5H,1H3,(H,17,18). The van der Waals surface area contributed by atoms with Crippen LogP contribution in [-0.4, -0.2) is 5.91 Å².